The largest absolute Gasteiger partial charge is 0.394 e. The molecule has 3 N–H and O–H groups in total. The minimum Gasteiger partial charge on any atom is -0.394 e. The fourth-order valence-corrected chi connectivity index (χ4v) is 0.626. The molecule has 0 aliphatic heterocycles. The first kappa shape index (κ1) is 10.4. The van der Waals surface area contributed by atoms with Gasteiger partial charge in [0.2, 0.25) is 0 Å². The van der Waals surface area contributed by atoms with Crippen molar-refractivity contribution in [2.45, 2.75) is 18.9 Å². The lowest BCUT2D eigenvalue weighted by Crippen LogP contribution is -2.29. The molecule has 1 atom stereocenters. The molecule has 0 aromatic heterocycles. The maximum absolute atomic E-state index is 8.84. The lowest BCUT2D eigenvalue weighted by molar-refractivity contribution is 0.0946. The Morgan fingerprint density at radius 3 is 2.82 bits per heavy atom. The van der Waals surface area contributed by atoms with Crippen LogP contribution in [0.25, 0.3) is 0 Å². The zero-order chi connectivity index (χ0) is 8.53. The zero-order valence-electron chi connectivity index (χ0n) is 6.45. The van der Waals surface area contributed by atoms with Crippen molar-refractivity contribution < 1.29 is 10.2 Å². The van der Waals surface area contributed by atoms with Gasteiger partial charge in [0.15, 0.2) is 0 Å². The summed E-state index contributed by atoms with van der Waals surface area (Å²) < 4.78 is 0. The van der Waals surface area contributed by atoms with Gasteiger partial charge in [0.1, 0.15) is 0 Å². The van der Waals surface area contributed by atoms with E-state index in [1.807, 2.05) is 6.07 Å². The number of nitriles is 1. The Morgan fingerprint density at radius 1 is 1.55 bits per heavy atom. The number of unbranched alkanes of at least 4 members (excludes halogenated alkanes) is 1. The summed E-state index contributed by atoms with van der Waals surface area (Å²) in [5, 5.41) is 28.3. The Labute approximate surface area is 66.5 Å². The van der Waals surface area contributed by atoms with Crippen LogP contribution in [0.15, 0.2) is 0 Å². The van der Waals surface area contributed by atoms with Gasteiger partial charge in [-0.15, -0.1) is 0 Å². The van der Waals surface area contributed by atoms with E-state index in [1.54, 1.807) is 0 Å². The molecule has 0 aromatic carbocycles. The van der Waals surface area contributed by atoms with Crippen LogP contribution in [-0.4, -0.2) is 36.0 Å². The van der Waals surface area contributed by atoms with Crippen molar-refractivity contribution in [2.24, 2.45) is 0 Å². The summed E-state index contributed by atoms with van der Waals surface area (Å²) >= 11 is 0. The molecule has 0 amide bonds. The van der Waals surface area contributed by atoms with E-state index in [0.29, 0.717) is 19.5 Å². The number of rotatable bonds is 6. The van der Waals surface area contributed by atoms with E-state index >= 15 is 0 Å². The minimum atomic E-state index is -0.683. The van der Waals surface area contributed by atoms with Crippen molar-refractivity contribution >= 4 is 0 Å². The van der Waals surface area contributed by atoms with Gasteiger partial charge in [-0.05, 0) is 13.0 Å². The smallest absolute Gasteiger partial charge is 0.0894 e. The van der Waals surface area contributed by atoms with Crippen LogP contribution >= 0.6 is 0 Å². The highest BCUT2D eigenvalue weighted by Gasteiger charge is 1.98. The minimum absolute atomic E-state index is 0.217. The SMILES string of the molecule is N#CCCCNCC(O)CO. The molecule has 0 aliphatic carbocycles. The first-order valence-electron chi connectivity index (χ1n) is 3.68. The molecule has 0 aliphatic rings. The second kappa shape index (κ2) is 7.48. The number of aliphatic hydroxyl groups excluding tert-OH is 2. The maximum atomic E-state index is 8.84. The second-order valence-corrected chi connectivity index (χ2v) is 2.30. The van der Waals surface area contributed by atoms with Crippen LogP contribution < -0.4 is 5.32 Å². The average molecular weight is 158 g/mol. The Balaban J connectivity index is 2.97. The molecule has 4 heteroatoms. The average Bonchev–Trinajstić information content (AvgIpc) is 2.04. The van der Waals surface area contributed by atoms with Gasteiger partial charge in [-0.2, -0.15) is 5.26 Å². The molecular weight excluding hydrogens is 144 g/mol. The molecule has 0 rings (SSSR count). The van der Waals surface area contributed by atoms with Crippen molar-refractivity contribution in [3.63, 3.8) is 0 Å². The molecule has 4 nitrogen and oxygen atoms in total. The standard InChI is InChI=1S/C7H14N2O2/c8-3-1-2-4-9-5-7(11)6-10/h7,9-11H,1-2,4-6H2. The Hall–Kier alpha value is -0.630. The third-order valence-corrected chi connectivity index (χ3v) is 1.23. The molecular formula is C7H14N2O2. The van der Waals surface area contributed by atoms with Crippen molar-refractivity contribution in [3.05, 3.63) is 0 Å². The van der Waals surface area contributed by atoms with E-state index in [-0.39, 0.29) is 6.61 Å². The van der Waals surface area contributed by atoms with Crippen molar-refractivity contribution in [1.82, 2.24) is 5.32 Å². The lowest BCUT2D eigenvalue weighted by Gasteiger charge is -2.06. The van der Waals surface area contributed by atoms with Gasteiger partial charge in [-0.3, -0.25) is 0 Å². The van der Waals surface area contributed by atoms with Gasteiger partial charge in [0.25, 0.3) is 0 Å². The normalized spacial score (nSPS) is 12.5. The van der Waals surface area contributed by atoms with Gasteiger partial charge < -0.3 is 15.5 Å². The molecule has 1 unspecified atom stereocenters. The molecule has 11 heavy (non-hydrogen) atoms. The Morgan fingerprint density at radius 2 is 2.27 bits per heavy atom. The van der Waals surface area contributed by atoms with E-state index in [1.165, 1.54) is 0 Å². The maximum Gasteiger partial charge on any atom is 0.0894 e. The Kier molecular flexibility index (Phi) is 7.05. The molecule has 0 bridgehead atoms. The van der Waals surface area contributed by atoms with Crippen molar-refractivity contribution in [1.29, 1.82) is 5.26 Å². The fourth-order valence-electron chi connectivity index (χ4n) is 0.626. The highest BCUT2D eigenvalue weighted by molar-refractivity contribution is 4.69. The fraction of sp³-hybridized carbons (Fsp3) is 0.857. The third kappa shape index (κ3) is 7.26. The van der Waals surface area contributed by atoms with Crippen LogP contribution in [0.2, 0.25) is 0 Å². The molecule has 0 spiro atoms. The second-order valence-electron chi connectivity index (χ2n) is 2.30. The van der Waals surface area contributed by atoms with Crippen LogP contribution in [0, 0.1) is 11.3 Å². The summed E-state index contributed by atoms with van der Waals surface area (Å²) in [6.07, 6.45) is 0.633. The highest BCUT2D eigenvalue weighted by atomic mass is 16.3. The molecule has 0 aromatic rings. The van der Waals surface area contributed by atoms with Crippen LogP contribution in [0.1, 0.15) is 12.8 Å². The number of aliphatic hydroxyl groups is 2. The van der Waals surface area contributed by atoms with E-state index in [9.17, 15) is 0 Å². The molecule has 0 saturated heterocycles. The monoisotopic (exact) mass is 158 g/mol. The van der Waals surface area contributed by atoms with Crippen LogP contribution in [-0.2, 0) is 0 Å². The topological polar surface area (TPSA) is 76.3 Å². The van der Waals surface area contributed by atoms with Gasteiger partial charge in [0.05, 0.1) is 18.8 Å². The van der Waals surface area contributed by atoms with Gasteiger partial charge in [-0.25, -0.2) is 0 Å². The number of hydrogen-bond donors (Lipinski definition) is 3. The summed E-state index contributed by atoms with van der Waals surface area (Å²) in [5.41, 5.74) is 0. The molecule has 0 fully saturated rings. The number of hydrogen-bond acceptors (Lipinski definition) is 4. The predicted octanol–water partition coefficient (Wildman–Crippen LogP) is -0.767. The third-order valence-electron chi connectivity index (χ3n) is 1.23. The Bertz CT molecular complexity index is 122. The van der Waals surface area contributed by atoms with Gasteiger partial charge >= 0.3 is 0 Å². The highest BCUT2D eigenvalue weighted by Crippen LogP contribution is 1.83. The molecule has 0 saturated carbocycles. The van der Waals surface area contributed by atoms with E-state index in [4.69, 9.17) is 15.5 Å². The van der Waals surface area contributed by atoms with Gasteiger partial charge in [0, 0.05) is 13.0 Å². The molecule has 64 valence electrons. The number of nitrogens with one attached hydrogen (secondary N) is 1. The zero-order valence-corrected chi connectivity index (χ0v) is 6.45. The summed E-state index contributed by atoms with van der Waals surface area (Å²) in [5.74, 6) is 0. The quantitative estimate of drug-likeness (QED) is 0.444. The molecule has 0 heterocycles. The van der Waals surface area contributed by atoms with Crippen molar-refractivity contribution in [2.75, 3.05) is 19.7 Å². The first-order valence-corrected chi connectivity index (χ1v) is 3.68. The summed E-state index contributed by atoms with van der Waals surface area (Å²) in [6.45, 7) is 0.887. The lowest BCUT2D eigenvalue weighted by atomic mass is 10.3. The number of nitrogens with zero attached hydrogens (tertiary/aromatic N) is 1. The first-order chi connectivity index (χ1) is 5.31. The predicted molar refractivity (Wildman–Crippen MR) is 40.8 cm³/mol. The summed E-state index contributed by atoms with van der Waals surface area (Å²) in [6, 6.07) is 2.02. The van der Waals surface area contributed by atoms with Crippen molar-refractivity contribution in [3.8, 4) is 6.07 Å². The van der Waals surface area contributed by atoms with E-state index in [2.05, 4.69) is 5.32 Å². The summed E-state index contributed by atoms with van der Waals surface area (Å²) in [7, 11) is 0. The van der Waals surface area contributed by atoms with Crippen LogP contribution in [0.5, 0.6) is 0 Å². The van der Waals surface area contributed by atoms with Crippen LogP contribution in [0.3, 0.4) is 0 Å². The van der Waals surface area contributed by atoms with Crippen LogP contribution in [0.4, 0.5) is 0 Å². The summed E-state index contributed by atoms with van der Waals surface area (Å²) in [4.78, 5) is 0. The molecule has 0 radical (unpaired) electrons. The van der Waals surface area contributed by atoms with E-state index in [0.717, 1.165) is 6.42 Å². The van der Waals surface area contributed by atoms with E-state index < -0.39 is 6.10 Å². The van der Waals surface area contributed by atoms with Gasteiger partial charge in [-0.1, -0.05) is 0 Å².